The molecule has 0 aliphatic heterocycles. The first kappa shape index (κ1) is 24.8. The second kappa shape index (κ2) is 11.9. The highest BCUT2D eigenvalue weighted by atomic mass is 16.8. The van der Waals surface area contributed by atoms with E-state index < -0.39 is 18.9 Å². The highest BCUT2D eigenvalue weighted by Crippen LogP contribution is 2.21. The van der Waals surface area contributed by atoms with E-state index in [0.29, 0.717) is 29.2 Å². The van der Waals surface area contributed by atoms with Gasteiger partial charge in [-0.2, -0.15) is 0 Å². The number of nitrogens with zero attached hydrogens (tertiary/aromatic N) is 4. The lowest BCUT2D eigenvalue weighted by atomic mass is 9.98. The van der Waals surface area contributed by atoms with Crippen molar-refractivity contribution < 1.29 is 23.8 Å². The van der Waals surface area contributed by atoms with E-state index in [1.807, 2.05) is 24.3 Å². The number of aryl methyl sites for hydroxylation is 1. The van der Waals surface area contributed by atoms with E-state index >= 15 is 0 Å². The number of benzene rings is 1. The number of aromatic nitrogens is 4. The second-order valence-corrected chi connectivity index (χ2v) is 8.45. The van der Waals surface area contributed by atoms with Crippen LogP contribution in [-0.4, -0.2) is 50.6 Å². The summed E-state index contributed by atoms with van der Waals surface area (Å²) in [6.07, 6.45) is 7.78. The maximum absolute atomic E-state index is 12.0. The Morgan fingerprint density at radius 2 is 1.81 bits per heavy atom. The standard InChI is InChI=1S/C25H28N6O5/c26-24(27)18-8-6-17(7-9-18)21-11-12-22(30-29-21)31-14-19(28-15-31)10-13-23(32)34-16-35-25(33)36-20-4-2-1-3-5-20/h6-9,11-12,14-15,20H,1-5,10,13,16H2,(H3,26,27). The third-order valence-corrected chi connectivity index (χ3v) is 5.84. The molecule has 1 saturated carbocycles. The van der Waals surface area contributed by atoms with Gasteiger partial charge in [0.2, 0.25) is 6.79 Å². The first-order valence-electron chi connectivity index (χ1n) is 11.8. The van der Waals surface area contributed by atoms with Crippen LogP contribution in [0.25, 0.3) is 17.1 Å². The quantitative estimate of drug-likeness (QED) is 0.197. The molecule has 0 atom stereocenters. The van der Waals surface area contributed by atoms with Crippen LogP contribution in [0.15, 0.2) is 48.9 Å². The Hall–Kier alpha value is -4.28. The molecule has 0 radical (unpaired) electrons. The fraction of sp³-hybridized carbons (Fsp3) is 0.360. The van der Waals surface area contributed by atoms with Crippen molar-refractivity contribution in [1.82, 2.24) is 19.7 Å². The number of esters is 1. The van der Waals surface area contributed by atoms with Gasteiger partial charge in [0.1, 0.15) is 18.3 Å². The van der Waals surface area contributed by atoms with E-state index in [0.717, 1.165) is 37.7 Å². The molecule has 188 valence electrons. The number of nitrogens with two attached hydrogens (primary N) is 1. The Kier molecular flexibility index (Phi) is 8.22. The summed E-state index contributed by atoms with van der Waals surface area (Å²) < 4.78 is 16.7. The maximum atomic E-state index is 12.0. The summed E-state index contributed by atoms with van der Waals surface area (Å²) in [6.45, 7) is -0.474. The molecule has 1 fully saturated rings. The van der Waals surface area contributed by atoms with Gasteiger partial charge in [-0.15, -0.1) is 10.2 Å². The molecule has 1 aromatic carbocycles. The number of hydrogen-bond acceptors (Lipinski definition) is 9. The van der Waals surface area contributed by atoms with Crippen LogP contribution in [0.1, 0.15) is 49.8 Å². The summed E-state index contributed by atoms with van der Waals surface area (Å²) in [4.78, 5) is 27.9. The van der Waals surface area contributed by atoms with Crippen LogP contribution in [0.4, 0.5) is 4.79 Å². The Bertz CT molecular complexity index is 1190. The van der Waals surface area contributed by atoms with Crippen LogP contribution < -0.4 is 5.73 Å². The largest absolute Gasteiger partial charge is 0.511 e. The van der Waals surface area contributed by atoms with Gasteiger partial charge in [0, 0.05) is 23.7 Å². The normalized spacial score (nSPS) is 13.7. The monoisotopic (exact) mass is 492 g/mol. The number of rotatable bonds is 9. The molecule has 0 unspecified atom stereocenters. The Morgan fingerprint density at radius 1 is 1.03 bits per heavy atom. The van der Waals surface area contributed by atoms with Crippen molar-refractivity contribution in [3.05, 3.63) is 60.2 Å². The lowest BCUT2D eigenvalue weighted by molar-refractivity contribution is -0.153. The predicted molar refractivity (Wildman–Crippen MR) is 129 cm³/mol. The SMILES string of the molecule is N=C(N)c1ccc(-c2ccc(-n3cnc(CCC(=O)OCOC(=O)OC4CCCCC4)c3)nn2)cc1. The van der Waals surface area contributed by atoms with Crippen molar-refractivity contribution in [2.75, 3.05) is 6.79 Å². The molecular weight excluding hydrogens is 464 g/mol. The van der Waals surface area contributed by atoms with Crippen LogP contribution >= 0.6 is 0 Å². The van der Waals surface area contributed by atoms with Gasteiger partial charge in [0.15, 0.2) is 5.82 Å². The van der Waals surface area contributed by atoms with Crippen LogP contribution in [0.3, 0.4) is 0 Å². The first-order chi connectivity index (χ1) is 17.5. The fourth-order valence-corrected chi connectivity index (χ4v) is 3.85. The minimum absolute atomic E-state index is 0.00931. The van der Waals surface area contributed by atoms with E-state index in [-0.39, 0.29) is 18.4 Å². The minimum Gasteiger partial charge on any atom is -0.431 e. The van der Waals surface area contributed by atoms with Gasteiger partial charge in [0.05, 0.1) is 17.8 Å². The molecule has 0 saturated heterocycles. The van der Waals surface area contributed by atoms with Gasteiger partial charge in [0.25, 0.3) is 0 Å². The Balaban J connectivity index is 1.21. The number of nitrogen functional groups attached to an aromatic ring is 1. The lowest BCUT2D eigenvalue weighted by Crippen LogP contribution is -2.22. The number of hydrogen-bond donors (Lipinski definition) is 2. The highest BCUT2D eigenvalue weighted by Gasteiger charge is 2.19. The Labute approximate surface area is 208 Å². The van der Waals surface area contributed by atoms with Gasteiger partial charge in [-0.3, -0.25) is 14.8 Å². The molecule has 3 aromatic rings. The zero-order valence-corrected chi connectivity index (χ0v) is 19.8. The molecule has 2 aromatic heterocycles. The molecule has 4 rings (SSSR count). The molecule has 36 heavy (non-hydrogen) atoms. The van der Waals surface area contributed by atoms with Crippen molar-refractivity contribution in [3.8, 4) is 17.1 Å². The van der Waals surface area contributed by atoms with Crippen molar-refractivity contribution in [2.24, 2.45) is 5.73 Å². The third-order valence-electron chi connectivity index (χ3n) is 5.84. The lowest BCUT2D eigenvalue weighted by Gasteiger charge is -2.21. The zero-order chi connectivity index (χ0) is 25.3. The average molecular weight is 493 g/mol. The number of amidine groups is 1. The smallest absolute Gasteiger partial charge is 0.431 e. The van der Waals surface area contributed by atoms with Crippen molar-refractivity contribution >= 4 is 18.0 Å². The molecule has 2 heterocycles. The number of imidazole rings is 1. The Morgan fingerprint density at radius 3 is 2.50 bits per heavy atom. The molecule has 1 aliphatic carbocycles. The van der Waals surface area contributed by atoms with Crippen molar-refractivity contribution in [3.63, 3.8) is 0 Å². The van der Waals surface area contributed by atoms with Gasteiger partial charge >= 0.3 is 12.1 Å². The maximum Gasteiger partial charge on any atom is 0.511 e. The van der Waals surface area contributed by atoms with E-state index in [1.54, 1.807) is 29.2 Å². The molecule has 1 aliphatic rings. The third kappa shape index (κ3) is 6.87. The van der Waals surface area contributed by atoms with Gasteiger partial charge in [-0.1, -0.05) is 30.7 Å². The summed E-state index contributed by atoms with van der Waals surface area (Å²) in [5, 5.41) is 16.0. The van der Waals surface area contributed by atoms with Gasteiger partial charge in [-0.05, 0) is 37.8 Å². The van der Waals surface area contributed by atoms with E-state index in [1.165, 1.54) is 0 Å². The molecule has 11 nitrogen and oxygen atoms in total. The topological polar surface area (TPSA) is 155 Å². The molecule has 0 bridgehead atoms. The molecular formula is C25H28N6O5. The molecule has 11 heteroatoms. The summed E-state index contributed by atoms with van der Waals surface area (Å²) in [7, 11) is 0. The van der Waals surface area contributed by atoms with Crippen LogP contribution in [0.5, 0.6) is 0 Å². The minimum atomic E-state index is -0.811. The fourth-order valence-electron chi connectivity index (χ4n) is 3.85. The van der Waals surface area contributed by atoms with Crippen LogP contribution in [0, 0.1) is 5.41 Å². The van der Waals surface area contributed by atoms with E-state index in [9.17, 15) is 9.59 Å². The van der Waals surface area contributed by atoms with Crippen LogP contribution in [0.2, 0.25) is 0 Å². The number of carbonyl (C=O) groups excluding carboxylic acids is 2. The second-order valence-electron chi connectivity index (χ2n) is 8.45. The summed E-state index contributed by atoms with van der Waals surface area (Å²) in [6, 6.07) is 10.8. The molecule has 0 spiro atoms. The van der Waals surface area contributed by atoms with E-state index in [4.69, 9.17) is 25.4 Å². The van der Waals surface area contributed by atoms with Crippen molar-refractivity contribution in [2.45, 2.75) is 51.0 Å². The summed E-state index contributed by atoms with van der Waals surface area (Å²) >= 11 is 0. The number of nitrogens with one attached hydrogen (secondary N) is 1. The summed E-state index contributed by atoms with van der Waals surface area (Å²) in [5.41, 5.74) is 8.34. The zero-order valence-electron chi connectivity index (χ0n) is 19.8. The molecule has 0 amide bonds. The van der Waals surface area contributed by atoms with E-state index in [2.05, 4.69) is 15.2 Å². The summed E-state index contributed by atoms with van der Waals surface area (Å²) in [5.74, 6) is 0.0790. The van der Waals surface area contributed by atoms with Gasteiger partial charge in [-0.25, -0.2) is 9.78 Å². The van der Waals surface area contributed by atoms with Crippen LogP contribution in [-0.2, 0) is 25.4 Å². The van der Waals surface area contributed by atoms with Gasteiger partial charge < -0.3 is 19.9 Å². The number of carbonyl (C=O) groups is 2. The predicted octanol–water partition coefficient (Wildman–Crippen LogP) is 3.53. The average Bonchev–Trinajstić information content (AvgIpc) is 3.37. The van der Waals surface area contributed by atoms with Crippen molar-refractivity contribution in [1.29, 1.82) is 5.41 Å². The number of ether oxygens (including phenoxy) is 3. The highest BCUT2D eigenvalue weighted by molar-refractivity contribution is 5.95. The first-order valence-corrected chi connectivity index (χ1v) is 11.8. The molecule has 3 N–H and O–H groups in total.